The Balaban J connectivity index is 2.13. The molecule has 0 aliphatic carbocycles. The monoisotopic (exact) mass is 481 g/mol. The van der Waals surface area contributed by atoms with Crippen molar-refractivity contribution in [3.8, 4) is 0 Å². The topological polar surface area (TPSA) is 41.5 Å². The van der Waals surface area contributed by atoms with Crippen LogP contribution in [0.1, 0.15) is 76.5 Å². The highest BCUT2D eigenvalue weighted by Gasteiger charge is 2.35. The second kappa shape index (κ2) is 16.8. The molecule has 0 unspecified atom stereocenters. The zero-order valence-corrected chi connectivity index (χ0v) is 22.7. The van der Waals surface area contributed by atoms with E-state index in [0.717, 1.165) is 6.54 Å². The Hall–Kier alpha value is -1.72. The number of aliphatic hydroxyl groups is 1. The molecule has 0 saturated heterocycles. The maximum Gasteiger partial charge on any atom is 0.194 e. The third-order valence-corrected chi connectivity index (χ3v) is 11.0. The van der Waals surface area contributed by atoms with Gasteiger partial charge in [0, 0.05) is 13.1 Å². The van der Waals surface area contributed by atoms with Gasteiger partial charge < -0.3 is 14.8 Å². The first kappa shape index (κ1) is 28.5. The van der Waals surface area contributed by atoms with Crippen LogP contribution in [0.4, 0.5) is 0 Å². The molecule has 0 fully saturated rings. The molecule has 0 bridgehead atoms. The SMILES string of the molecule is CCCC[Si](CCCC)(CCCC)O[C@H](/C=C/[C@H](O)CNCc1ccccc1)c1ccccc1. The van der Waals surface area contributed by atoms with Crippen molar-refractivity contribution in [2.75, 3.05) is 6.54 Å². The van der Waals surface area contributed by atoms with Crippen LogP contribution in [0.2, 0.25) is 18.1 Å². The van der Waals surface area contributed by atoms with E-state index in [4.69, 9.17) is 4.43 Å². The van der Waals surface area contributed by atoms with E-state index in [2.05, 4.69) is 74.6 Å². The number of rotatable bonds is 18. The van der Waals surface area contributed by atoms with Gasteiger partial charge in [0.05, 0.1) is 12.2 Å². The number of hydrogen-bond donors (Lipinski definition) is 2. The molecule has 2 atom stereocenters. The number of unbranched alkanes of at least 4 members (excludes halogenated alkanes) is 3. The third kappa shape index (κ3) is 10.7. The molecule has 0 heterocycles. The Kier molecular flexibility index (Phi) is 14.1. The molecular weight excluding hydrogens is 434 g/mol. The van der Waals surface area contributed by atoms with Crippen LogP contribution in [0.25, 0.3) is 0 Å². The number of benzene rings is 2. The summed E-state index contributed by atoms with van der Waals surface area (Å²) in [4.78, 5) is 0. The molecule has 2 rings (SSSR count). The van der Waals surface area contributed by atoms with E-state index in [9.17, 15) is 5.11 Å². The van der Waals surface area contributed by atoms with Gasteiger partial charge in [0.1, 0.15) is 0 Å². The zero-order chi connectivity index (χ0) is 24.5. The molecule has 4 heteroatoms. The molecule has 0 aliphatic rings. The molecule has 34 heavy (non-hydrogen) atoms. The quantitative estimate of drug-likeness (QED) is 0.169. The van der Waals surface area contributed by atoms with Crippen LogP contribution >= 0.6 is 0 Å². The fourth-order valence-corrected chi connectivity index (χ4v) is 9.29. The fraction of sp³-hybridized carbons (Fsp3) is 0.533. The normalized spacial score (nSPS) is 13.9. The maximum atomic E-state index is 10.7. The summed E-state index contributed by atoms with van der Waals surface area (Å²) < 4.78 is 7.18. The summed E-state index contributed by atoms with van der Waals surface area (Å²) >= 11 is 0. The molecule has 0 amide bonds. The zero-order valence-electron chi connectivity index (χ0n) is 21.7. The molecule has 0 spiro atoms. The lowest BCUT2D eigenvalue weighted by atomic mass is 10.1. The average Bonchev–Trinajstić information content (AvgIpc) is 2.88. The largest absolute Gasteiger partial charge is 0.406 e. The Morgan fingerprint density at radius 2 is 1.32 bits per heavy atom. The minimum atomic E-state index is -1.89. The molecule has 3 nitrogen and oxygen atoms in total. The summed E-state index contributed by atoms with van der Waals surface area (Å²) in [6, 6.07) is 24.6. The summed E-state index contributed by atoms with van der Waals surface area (Å²) in [6.45, 7) is 8.13. The van der Waals surface area contributed by atoms with E-state index in [1.165, 1.54) is 67.8 Å². The lowest BCUT2D eigenvalue weighted by molar-refractivity contribution is 0.208. The minimum absolute atomic E-state index is 0.0952. The van der Waals surface area contributed by atoms with Crippen molar-refractivity contribution < 1.29 is 9.53 Å². The van der Waals surface area contributed by atoms with Gasteiger partial charge in [-0.05, 0) is 29.3 Å². The Labute approximate surface area is 209 Å². The first-order chi connectivity index (χ1) is 16.6. The second-order valence-corrected chi connectivity index (χ2v) is 13.6. The maximum absolute atomic E-state index is 10.7. The van der Waals surface area contributed by atoms with E-state index in [-0.39, 0.29) is 6.10 Å². The molecule has 188 valence electrons. The highest BCUT2D eigenvalue weighted by atomic mass is 28.4. The van der Waals surface area contributed by atoms with Gasteiger partial charge in [-0.1, -0.05) is 132 Å². The van der Waals surface area contributed by atoms with Crippen LogP contribution in [-0.2, 0) is 11.0 Å². The van der Waals surface area contributed by atoms with Gasteiger partial charge in [0.25, 0.3) is 0 Å². The lowest BCUT2D eigenvalue weighted by Crippen LogP contribution is -2.39. The van der Waals surface area contributed by atoms with Gasteiger partial charge in [-0.2, -0.15) is 0 Å². The molecule has 0 aromatic heterocycles. The number of nitrogens with one attached hydrogen (secondary N) is 1. The molecule has 0 radical (unpaired) electrons. The highest BCUT2D eigenvalue weighted by Crippen LogP contribution is 2.35. The van der Waals surface area contributed by atoms with Crippen molar-refractivity contribution in [3.63, 3.8) is 0 Å². The smallest absolute Gasteiger partial charge is 0.194 e. The summed E-state index contributed by atoms with van der Waals surface area (Å²) in [6.07, 6.45) is 10.8. The van der Waals surface area contributed by atoms with Crippen LogP contribution < -0.4 is 5.32 Å². The van der Waals surface area contributed by atoms with Crippen molar-refractivity contribution in [1.29, 1.82) is 0 Å². The standard InChI is InChI=1S/C30H47NO2Si/c1-4-7-22-34(23-8-5-2,24-9-6-3)33-30(28-18-14-11-15-19-28)21-20-29(32)26-31-25-27-16-12-10-13-17-27/h10-21,29-32H,4-9,22-26H2,1-3H3/b21-20+/t29-,30+/m0/s1. The second-order valence-electron chi connectivity index (χ2n) is 9.51. The molecular formula is C30H47NO2Si. The first-order valence-corrected chi connectivity index (χ1v) is 16.0. The van der Waals surface area contributed by atoms with Crippen molar-refractivity contribution in [3.05, 3.63) is 83.9 Å². The number of aliphatic hydroxyl groups excluding tert-OH is 1. The van der Waals surface area contributed by atoms with Crippen molar-refractivity contribution in [2.45, 2.75) is 96.2 Å². The average molecular weight is 482 g/mol. The lowest BCUT2D eigenvalue weighted by Gasteiger charge is -2.35. The van der Waals surface area contributed by atoms with Crippen LogP contribution in [0.5, 0.6) is 0 Å². The van der Waals surface area contributed by atoms with Gasteiger partial charge >= 0.3 is 0 Å². The fourth-order valence-electron chi connectivity index (χ4n) is 4.44. The van der Waals surface area contributed by atoms with E-state index in [1.807, 2.05) is 24.3 Å². The summed E-state index contributed by atoms with van der Waals surface area (Å²) in [5.74, 6) is 0. The molecule has 2 N–H and O–H groups in total. The summed E-state index contributed by atoms with van der Waals surface area (Å²) in [5, 5.41) is 14.0. The van der Waals surface area contributed by atoms with Gasteiger partial charge in [0.2, 0.25) is 0 Å². The van der Waals surface area contributed by atoms with E-state index in [0.29, 0.717) is 6.54 Å². The van der Waals surface area contributed by atoms with Crippen LogP contribution in [-0.4, -0.2) is 26.1 Å². The molecule has 0 saturated carbocycles. The van der Waals surface area contributed by atoms with Crippen LogP contribution in [0.3, 0.4) is 0 Å². The Morgan fingerprint density at radius 3 is 1.85 bits per heavy atom. The Morgan fingerprint density at radius 1 is 0.794 bits per heavy atom. The molecule has 2 aromatic carbocycles. The molecule has 2 aromatic rings. The minimum Gasteiger partial charge on any atom is -0.406 e. The van der Waals surface area contributed by atoms with Crippen LogP contribution in [0.15, 0.2) is 72.8 Å². The first-order valence-electron chi connectivity index (χ1n) is 13.5. The van der Waals surface area contributed by atoms with Crippen LogP contribution in [0, 0.1) is 0 Å². The number of hydrogen-bond acceptors (Lipinski definition) is 3. The third-order valence-electron chi connectivity index (χ3n) is 6.50. The van der Waals surface area contributed by atoms with Crippen molar-refractivity contribution >= 4 is 8.32 Å². The highest BCUT2D eigenvalue weighted by molar-refractivity contribution is 6.73. The van der Waals surface area contributed by atoms with Crippen molar-refractivity contribution in [2.24, 2.45) is 0 Å². The Bertz CT molecular complexity index is 759. The predicted molar refractivity (Wildman–Crippen MR) is 148 cm³/mol. The van der Waals surface area contributed by atoms with Crippen molar-refractivity contribution in [1.82, 2.24) is 5.32 Å². The van der Waals surface area contributed by atoms with E-state index < -0.39 is 14.4 Å². The summed E-state index contributed by atoms with van der Waals surface area (Å²) in [7, 11) is -1.89. The van der Waals surface area contributed by atoms with E-state index in [1.54, 1.807) is 0 Å². The summed E-state index contributed by atoms with van der Waals surface area (Å²) in [5.41, 5.74) is 2.41. The van der Waals surface area contributed by atoms with E-state index >= 15 is 0 Å². The molecule has 0 aliphatic heterocycles. The predicted octanol–water partition coefficient (Wildman–Crippen LogP) is 7.80. The van der Waals surface area contributed by atoms with Gasteiger partial charge in [-0.15, -0.1) is 0 Å². The van der Waals surface area contributed by atoms with Gasteiger partial charge in [0.15, 0.2) is 8.32 Å². The van der Waals surface area contributed by atoms with Gasteiger partial charge in [-0.25, -0.2) is 0 Å². The van der Waals surface area contributed by atoms with Gasteiger partial charge in [-0.3, -0.25) is 0 Å².